The third kappa shape index (κ3) is 64.2. The van der Waals surface area contributed by atoms with Crippen molar-refractivity contribution in [3.05, 3.63) is 30.1 Å². The molecule has 7 unspecified atom stereocenters. The van der Waals surface area contributed by atoms with Crippen LogP contribution >= 0.6 is 0 Å². The minimum atomic E-state index is -0.830. The van der Waals surface area contributed by atoms with Crippen molar-refractivity contribution in [1.29, 1.82) is 0 Å². The first kappa shape index (κ1) is 116. The molecule has 0 fully saturated rings. The van der Waals surface area contributed by atoms with Crippen molar-refractivity contribution >= 4 is 41.0 Å². The summed E-state index contributed by atoms with van der Waals surface area (Å²) in [5, 5.41) is 29.4. The fraction of sp³-hybridized carbons (Fsp3) is 0.859. The van der Waals surface area contributed by atoms with Gasteiger partial charge in [-0.2, -0.15) is 0 Å². The lowest BCUT2D eigenvalue weighted by molar-refractivity contribution is -0.128. The van der Waals surface area contributed by atoms with E-state index in [2.05, 4.69) is 172 Å². The van der Waals surface area contributed by atoms with E-state index in [1.807, 2.05) is 25.1 Å². The number of alkyl halides is 2. The summed E-state index contributed by atoms with van der Waals surface area (Å²) in [5.41, 5.74) is 5.38. The number of nitrogens with one attached hydrogen (secondary N) is 4. The monoisotopic (exact) mass is 1460 g/mol. The van der Waals surface area contributed by atoms with Crippen LogP contribution in [0.5, 0.6) is 0 Å². The number of nitrogens with zero attached hydrogens (tertiary/aromatic N) is 1. The van der Waals surface area contributed by atoms with E-state index < -0.39 is 5.60 Å². The molecule has 610 valence electrons. The van der Waals surface area contributed by atoms with Gasteiger partial charge < -0.3 is 46.8 Å². The molecule has 17 heteroatoms. The molecule has 1 aromatic rings. The molecule has 0 spiro atoms. The fourth-order valence-electron chi connectivity index (χ4n) is 12.1. The Labute approximate surface area is 629 Å². The number of carbonyl (C=O) groups is 7. The summed E-state index contributed by atoms with van der Waals surface area (Å²) in [6, 6.07) is 5.73. The number of aliphatic hydroxyl groups is 2. The number of Topliss-reactive ketones (excluding diaryl/α,β-unsaturated/α-hetero) is 3. The van der Waals surface area contributed by atoms with E-state index in [1.54, 1.807) is 33.9 Å². The predicted molar refractivity (Wildman–Crippen MR) is 434 cm³/mol. The first-order valence-corrected chi connectivity index (χ1v) is 39.0. The molecule has 0 saturated heterocycles. The van der Waals surface area contributed by atoms with Gasteiger partial charge in [0.2, 0.25) is 23.6 Å². The van der Waals surface area contributed by atoms with Crippen molar-refractivity contribution in [3.63, 3.8) is 0 Å². The van der Waals surface area contributed by atoms with Gasteiger partial charge in [0, 0.05) is 81.2 Å². The summed E-state index contributed by atoms with van der Waals surface area (Å²) in [4.78, 5) is 84.5. The zero-order valence-corrected chi connectivity index (χ0v) is 68.7. The molecule has 4 amide bonds. The van der Waals surface area contributed by atoms with Gasteiger partial charge in [0.05, 0.1) is 37.8 Å². The fourth-order valence-corrected chi connectivity index (χ4v) is 12.1. The van der Waals surface area contributed by atoms with Crippen molar-refractivity contribution < 1.29 is 52.6 Å². The van der Waals surface area contributed by atoms with E-state index >= 15 is 0 Å². The Hall–Kier alpha value is -4.22. The Morgan fingerprint density at radius 2 is 0.794 bits per heavy atom. The van der Waals surface area contributed by atoms with Crippen molar-refractivity contribution in [2.75, 3.05) is 46.1 Å². The molecule has 1 heterocycles. The van der Waals surface area contributed by atoms with E-state index in [-0.39, 0.29) is 113 Å². The summed E-state index contributed by atoms with van der Waals surface area (Å²) in [5.74, 6) is 5.41. The van der Waals surface area contributed by atoms with Gasteiger partial charge in [0.1, 0.15) is 17.3 Å². The number of halogens is 2. The van der Waals surface area contributed by atoms with Gasteiger partial charge in [-0.25, -0.2) is 0 Å². The molecule has 102 heavy (non-hydrogen) atoms. The van der Waals surface area contributed by atoms with Crippen molar-refractivity contribution in [2.45, 2.75) is 336 Å². The first-order chi connectivity index (χ1) is 46.4. The summed E-state index contributed by atoms with van der Waals surface area (Å²) in [6.45, 7) is 54.2. The number of amides is 4. The average molecular weight is 1460 g/mol. The molecule has 15 nitrogen and oxygen atoms in total. The van der Waals surface area contributed by atoms with Gasteiger partial charge in [-0.1, -0.05) is 238 Å². The van der Waals surface area contributed by atoms with Gasteiger partial charge in [-0.15, -0.1) is 0 Å². The Morgan fingerprint density at radius 3 is 1.04 bits per heavy atom. The first-order valence-electron chi connectivity index (χ1n) is 39.0. The number of nitrogens with two attached hydrogens (primary N) is 1. The van der Waals surface area contributed by atoms with E-state index in [4.69, 9.17) is 10.8 Å². The lowest BCUT2D eigenvalue weighted by Gasteiger charge is -2.27. The average Bonchev–Trinajstić information content (AvgIpc) is 0.928. The largest absolute Gasteiger partial charge is 0.395 e. The Balaban J connectivity index is -0.000000141. The van der Waals surface area contributed by atoms with E-state index in [0.717, 1.165) is 108 Å². The quantitative estimate of drug-likeness (QED) is 0.0324. The molecule has 0 aliphatic rings. The van der Waals surface area contributed by atoms with Crippen LogP contribution in [0.2, 0.25) is 0 Å². The molecular formula is C85H172F2N6O9. The number of ketones is 3. The summed E-state index contributed by atoms with van der Waals surface area (Å²) >= 11 is 0. The normalized spacial score (nSPS) is 13.4. The zero-order valence-electron chi connectivity index (χ0n) is 68.7. The second kappa shape index (κ2) is 73.7. The highest BCUT2D eigenvalue weighted by atomic mass is 19.1. The van der Waals surface area contributed by atoms with Crippen LogP contribution in [-0.2, 0) is 40.1 Å². The highest BCUT2D eigenvalue weighted by molar-refractivity contribution is 5.81. The molecule has 0 saturated carbocycles. The van der Waals surface area contributed by atoms with Crippen molar-refractivity contribution in [2.24, 2.45) is 100 Å². The predicted octanol–water partition coefficient (Wildman–Crippen LogP) is 20.0. The summed E-state index contributed by atoms with van der Waals surface area (Å²) in [6.07, 6.45) is 20.0. The Bertz CT molecular complexity index is 2030. The number of aromatic nitrogens is 1. The number of unbranched alkanes of at least 4 members (excludes halogenated alkanes) is 2. The number of carbonyl (C=O) groups excluding carboxylic acids is 7. The molecule has 0 aliphatic heterocycles. The topological polar surface area (TPSA) is 247 Å². The maximum Gasteiger partial charge on any atom is 0.223 e. The molecule has 8 N–H and O–H groups in total. The van der Waals surface area contributed by atoms with Crippen LogP contribution in [0.1, 0.15) is 330 Å². The van der Waals surface area contributed by atoms with Crippen LogP contribution in [-0.4, -0.2) is 108 Å². The van der Waals surface area contributed by atoms with E-state index in [1.165, 1.54) is 0 Å². The van der Waals surface area contributed by atoms with Crippen LogP contribution < -0.4 is 27.0 Å². The number of pyridine rings is 1. The minimum absolute atomic E-state index is 0. The number of hydrogen-bond acceptors (Lipinski definition) is 11. The smallest absolute Gasteiger partial charge is 0.223 e. The van der Waals surface area contributed by atoms with E-state index in [9.17, 15) is 47.4 Å². The lowest BCUT2D eigenvalue weighted by Crippen LogP contribution is -2.42. The number of aliphatic hydroxyl groups excluding tert-OH is 1. The van der Waals surface area contributed by atoms with Gasteiger partial charge in [-0.05, 0) is 150 Å². The zero-order chi connectivity index (χ0) is 77.8. The van der Waals surface area contributed by atoms with Crippen LogP contribution in [0.3, 0.4) is 0 Å². The summed E-state index contributed by atoms with van der Waals surface area (Å²) in [7, 11) is 0. The van der Waals surface area contributed by atoms with Crippen LogP contribution in [0.4, 0.5) is 8.78 Å². The maximum absolute atomic E-state index is 12.9. The SMILES string of the molecule is C.C.C.CCCC(C(=O)CC)C(C)C.CCCC(C(=O)NCC(C)(C)O)C(C)C.CCCC(C(=O)NCCN)C(C)C.CCCC(C(=O)NCCO)C(C)C.CCCC(C(=O)NCc1ccccn1)C(C)C.CCCCC(C(C)C)[C@@H](CF)CC(C)=O.CCCCC(C(C)C)[C@H](CF)CC(C)=O. The third-order valence-corrected chi connectivity index (χ3v) is 18.1. The molecule has 1 rings (SSSR count). The Kier molecular flexibility index (Phi) is 83.9. The van der Waals surface area contributed by atoms with Gasteiger partial charge in [-0.3, -0.25) is 37.7 Å². The molecule has 1 aromatic heterocycles. The van der Waals surface area contributed by atoms with Crippen molar-refractivity contribution in [1.82, 2.24) is 26.3 Å². The van der Waals surface area contributed by atoms with Crippen molar-refractivity contribution in [3.8, 4) is 0 Å². The third-order valence-electron chi connectivity index (χ3n) is 18.1. The van der Waals surface area contributed by atoms with Crippen LogP contribution in [0.15, 0.2) is 24.4 Å². The molecule has 0 aliphatic carbocycles. The van der Waals surface area contributed by atoms with E-state index in [0.29, 0.717) is 117 Å². The minimum Gasteiger partial charge on any atom is -0.395 e. The molecule has 0 radical (unpaired) electrons. The van der Waals surface area contributed by atoms with Crippen LogP contribution in [0.25, 0.3) is 0 Å². The molecular weight excluding hydrogens is 1290 g/mol. The number of rotatable bonds is 45. The highest BCUT2D eigenvalue weighted by Gasteiger charge is 2.28. The molecule has 0 aromatic carbocycles. The second-order valence-electron chi connectivity index (χ2n) is 30.4. The standard InChI is InChI=1S/C14H22N2O.2C13H25FO.C12H25NO2.C10H22N2O.C10H21NO2.C10H20O.3CH4/c1-4-7-13(11(2)3)14(17)16-10-12-8-5-6-9-15-12;2*1-5-6-7-13(10(2)3)12(9-14)8-11(4)15;1-6-7-10(9(2)3)11(14)13-8-12(4,5)15;1-4-5-9(8(2)3)10(13)12-7-6-11;1-4-5-9(8(2)3)10(13)11-6-7-12;1-5-7-9(8(3)4)10(11)6-2;;;/h5-6,8-9,11,13H,4,7,10H2,1-3H3,(H,16,17);2*10,12-13H,5-9H2,1-4H3;9-10,15H,6-8H2,1-5H3,(H,13,14);8-9H,4-7,11H2,1-3H3,(H,12,13);8-9,12H,4-7H2,1-3H3,(H,11,13);8-9H,5-7H2,1-4H3;3*1H4/t;2*12-,13?;;;;;;;/m.10......./s1. The summed E-state index contributed by atoms with van der Waals surface area (Å²) < 4.78 is 25.8. The maximum atomic E-state index is 12.9. The Morgan fingerprint density at radius 1 is 0.471 bits per heavy atom. The van der Waals surface area contributed by atoms with Gasteiger partial charge in [0.15, 0.2) is 0 Å². The van der Waals surface area contributed by atoms with Gasteiger partial charge in [0.25, 0.3) is 0 Å². The molecule has 9 atom stereocenters. The molecule has 0 bridgehead atoms. The number of hydrogen-bond donors (Lipinski definition) is 7. The van der Waals surface area contributed by atoms with Gasteiger partial charge >= 0.3 is 0 Å². The second-order valence-corrected chi connectivity index (χ2v) is 30.4. The van der Waals surface area contributed by atoms with Crippen LogP contribution in [0, 0.1) is 94.7 Å². The lowest BCUT2D eigenvalue weighted by atomic mass is 9.78. The highest BCUT2D eigenvalue weighted by Crippen LogP contribution is 2.31.